The van der Waals surface area contributed by atoms with Gasteiger partial charge in [-0.25, -0.2) is 4.39 Å². The number of anilines is 1. The molecule has 1 saturated carbocycles. The summed E-state index contributed by atoms with van der Waals surface area (Å²) in [6, 6.07) is 8.45. The van der Waals surface area contributed by atoms with Crippen LogP contribution < -0.4 is 10.2 Å². The van der Waals surface area contributed by atoms with Crippen molar-refractivity contribution in [3.05, 3.63) is 59.9 Å². The van der Waals surface area contributed by atoms with Crippen LogP contribution in [0.1, 0.15) is 38.2 Å². The van der Waals surface area contributed by atoms with Gasteiger partial charge in [0.1, 0.15) is 18.4 Å². The zero-order valence-corrected chi connectivity index (χ0v) is 19.4. The molecule has 190 valence electrons. The van der Waals surface area contributed by atoms with E-state index in [1.54, 1.807) is 0 Å². The Kier molecular flexibility index (Phi) is 7.32. The van der Waals surface area contributed by atoms with Crippen LogP contribution in [0.3, 0.4) is 0 Å². The van der Waals surface area contributed by atoms with E-state index in [9.17, 15) is 27.2 Å². The van der Waals surface area contributed by atoms with Gasteiger partial charge in [-0.2, -0.15) is 18.0 Å². The highest BCUT2D eigenvalue weighted by Gasteiger charge is 2.34. The molecule has 2 amide bonds. The number of hydrogen-bond acceptors (Lipinski definition) is 5. The smallest absolute Gasteiger partial charge is 0.352 e. The van der Waals surface area contributed by atoms with Crippen molar-refractivity contribution in [2.45, 2.75) is 57.4 Å². The van der Waals surface area contributed by atoms with Gasteiger partial charge in [-0.1, -0.05) is 18.9 Å². The van der Waals surface area contributed by atoms with Crippen LogP contribution in [0.5, 0.6) is 0 Å². The standard InChI is InChI=1S/C24H24F4N6O2/c1-15(23(36)29-19-6-2-3-7-19)34(20-8-4-5-17(13-20)24(26,27)28)21(35)14-33-31-22(30-32-33)16-9-11-18(25)12-10-16/h4-5,8-13,15,19H,2-3,6-7,14H2,1H3,(H,29,36). The molecular weight excluding hydrogens is 480 g/mol. The molecule has 0 saturated heterocycles. The molecule has 2 aromatic carbocycles. The lowest BCUT2D eigenvalue weighted by atomic mass is 10.1. The van der Waals surface area contributed by atoms with Crippen molar-refractivity contribution in [1.29, 1.82) is 0 Å². The molecule has 1 aromatic heterocycles. The normalized spacial score (nSPS) is 15.0. The predicted molar refractivity (Wildman–Crippen MR) is 122 cm³/mol. The second-order valence-electron chi connectivity index (χ2n) is 8.63. The van der Waals surface area contributed by atoms with Crippen molar-refractivity contribution in [2.24, 2.45) is 0 Å². The van der Waals surface area contributed by atoms with Crippen LogP contribution >= 0.6 is 0 Å². The number of nitrogens with one attached hydrogen (secondary N) is 1. The highest BCUT2D eigenvalue weighted by atomic mass is 19.4. The second kappa shape index (κ2) is 10.4. The van der Waals surface area contributed by atoms with Crippen LogP contribution in [0.2, 0.25) is 0 Å². The van der Waals surface area contributed by atoms with Crippen molar-refractivity contribution in [3.63, 3.8) is 0 Å². The first kappa shape index (κ1) is 25.3. The summed E-state index contributed by atoms with van der Waals surface area (Å²) in [6.45, 7) is 0.979. The predicted octanol–water partition coefficient (Wildman–Crippen LogP) is 3.98. The first-order chi connectivity index (χ1) is 17.1. The average molecular weight is 504 g/mol. The summed E-state index contributed by atoms with van der Waals surface area (Å²) in [5, 5.41) is 14.7. The lowest BCUT2D eigenvalue weighted by Gasteiger charge is -2.30. The van der Waals surface area contributed by atoms with E-state index in [2.05, 4.69) is 20.7 Å². The Labute approximate surface area is 204 Å². The van der Waals surface area contributed by atoms with Gasteiger partial charge >= 0.3 is 6.18 Å². The topological polar surface area (TPSA) is 93.0 Å². The molecule has 8 nitrogen and oxygen atoms in total. The van der Waals surface area contributed by atoms with Crippen molar-refractivity contribution >= 4 is 17.5 Å². The van der Waals surface area contributed by atoms with Crippen LogP contribution in [0.4, 0.5) is 23.2 Å². The van der Waals surface area contributed by atoms with Gasteiger partial charge in [0.2, 0.25) is 11.7 Å². The molecule has 1 heterocycles. The molecule has 1 aliphatic carbocycles. The molecular formula is C24H24F4N6O2. The van der Waals surface area contributed by atoms with Crippen molar-refractivity contribution in [1.82, 2.24) is 25.5 Å². The average Bonchev–Trinajstić information content (AvgIpc) is 3.52. The van der Waals surface area contributed by atoms with Crippen LogP contribution in [0, 0.1) is 5.82 Å². The number of carbonyl (C=O) groups excluding carboxylic acids is 2. The summed E-state index contributed by atoms with van der Waals surface area (Å²) in [6.07, 6.45) is -1.05. The third-order valence-electron chi connectivity index (χ3n) is 6.02. The quantitative estimate of drug-likeness (QED) is 0.492. The summed E-state index contributed by atoms with van der Waals surface area (Å²) in [5.41, 5.74) is -0.560. The zero-order valence-electron chi connectivity index (χ0n) is 19.4. The number of halogens is 4. The number of benzene rings is 2. The molecule has 3 aromatic rings. The Hall–Kier alpha value is -3.83. The van der Waals surface area contributed by atoms with Gasteiger partial charge in [0.15, 0.2) is 0 Å². The molecule has 12 heteroatoms. The molecule has 1 aliphatic rings. The van der Waals surface area contributed by atoms with E-state index < -0.39 is 42.0 Å². The van der Waals surface area contributed by atoms with Crippen LogP contribution in [-0.2, 0) is 22.3 Å². The van der Waals surface area contributed by atoms with Crippen LogP contribution in [0.15, 0.2) is 48.5 Å². The van der Waals surface area contributed by atoms with Gasteiger partial charge in [-0.15, -0.1) is 10.2 Å². The molecule has 0 aliphatic heterocycles. The number of tetrazole rings is 1. The zero-order chi connectivity index (χ0) is 25.9. The van der Waals surface area contributed by atoms with Gasteiger partial charge in [-0.05, 0) is 67.4 Å². The minimum Gasteiger partial charge on any atom is -0.352 e. The minimum atomic E-state index is -4.63. The number of carbonyl (C=O) groups is 2. The molecule has 0 bridgehead atoms. The summed E-state index contributed by atoms with van der Waals surface area (Å²) in [7, 11) is 0. The number of alkyl halides is 3. The van der Waals surface area contributed by atoms with Gasteiger partial charge in [0, 0.05) is 17.3 Å². The molecule has 0 spiro atoms. The molecule has 1 N–H and O–H groups in total. The van der Waals surface area contributed by atoms with E-state index in [-0.39, 0.29) is 17.6 Å². The van der Waals surface area contributed by atoms with Gasteiger partial charge in [0.05, 0.1) is 5.56 Å². The molecule has 1 unspecified atom stereocenters. The van der Waals surface area contributed by atoms with Crippen LogP contribution in [0.25, 0.3) is 11.4 Å². The maximum absolute atomic E-state index is 13.4. The number of aromatic nitrogens is 4. The largest absolute Gasteiger partial charge is 0.416 e. The summed E-state index contributed by atoms with van der Waals surface area (Å²) in [5.74, 6) is -1.47. The Morgan fingerprint density at radius 1 is 1.14 bits per heavy atom. The second-order valence-corrected chi connectivity index (χ2v) is 8.63. The lowest BCUT2D eigenvalue weighted by molar-refractivity contribution is -0.137. The monoisotopic (exact) mass is 504 g/mol. The van der Waals surface area contributed by atoms with E-state index in [1.165, 1.54) is 43.3 Å². The number of rotatable bonds is 7. The molecule has 4 rings (SSSR count). The molecule has 0 radical (unpaired) electrons. The van der Waals surface area contributed by atoms with Crippen molar-refractivity contribution < 1.29 is 27.2 Å². The Morgan fingerprint density at radius 3 is 2.50 bits per heavy atom. The first-order valence-electron chi connectivity index (χ1n) is 11.5. The Balaban J connectivity index is 1.59. The first-order valence-corrected chi connectivity index (χ1v) is 11.5. The molecule has 1 fully saturated rings. The number of hydrogen-bond donors (Lipinski definition) is 1. The van der Waals surface area contributed by atoms with Crippen molar-refractivity contribution in [2.75, 3.05) is 4.90 Å². The number of nitrogens with zero attached hydrogens (tertiary/aromatic N) is 5. The van der Waals surface area contributed by atoms with E-state index in [0.717, 1.165) is 47.5 Å². The maximum atomic E-state index is 13.4. The van der Waals surface area contributed by atoms with Crippen LogP contribution in [-0.4, -0.2) is 44.1 Å². The fourth-order valence-electron chi connectivity index (χ4n) is 4.15. The molecule has 36 heavy (non-hydrogen) atoms. The Morgan fingerprint density at radius 2 is 1.83 bits per heavy atom. The third-order valence-corrected chi connectivity index (χ3v) is 6.02. The fourth-order valence-corrected chi connectivity index (χ4v) is 4.15. The molecule has 1 atom stereocenters. The SMILES string of the molecule is CC(C(=O)NC1CCCC1)N(C(=O)Cn1nnc(-c2ccc(F)cc2)n1)c1cccc(C(F)(F)F)c1. The minimum absolute atomic E-state index is 0.0336. The fraction of sp³-hybridized carbons (Fsp3) is 0.375. The Bertz CT molecular complexity index is 1220. The van der Waals surface area contributed by atoms with E-state index in [4.69, 9.17) is 0 Å². The number of amides is 2. The highest BCUT2D eigenvalue weighted by Crippen LogP contribution is 2.32. The summed E-state index contributed by atoms with van der Waals surface area (Å²) >= 11 is 0. The summed E-state index contributed by atoms with van der Waals surface area (Å²) in [4.78, 5) is 28.3. The van der Waals surface area contributed by atoms with Gasteiger partial charge in [0.25, 0.3) is 5.91 Å². The van der Waals surface area contributed by atoms with Crippen molar-refractivity contribution in [3.8, 4) is 11.4 Å². The summed E-state index contributed by atoms with van der Waals surface area (Å²) < 4.78 is 53.3. The maximum Gasteiger partial charge on any atom is 0.416 e. The van der Waals surface area contributed by atoms with E-state index >= 15 is 0 Å². The van der Waals surface area contributed by atoms with E-state index in [1.807, 2.05) is 0 Å². The lowest BCUT2D eigenvalue weighted by Crippen LogP contribution is -2.51. The van der Waals surface area contributed by atoms with Gasteiger partial charge < -0.3 is 5.32 Å². The van der Waals surface area contributed by atoms with E-state index in [0.29, 0.717) is 5.56 Å². The van der Waals surface area contributed by atoms with Gasteiger partial charge in [-0.3, -0.25) is 14.5 Å². The highest BCUT2D eigenvalue weighted by molar-refractivity contribution is 6.00. The third kappa shape index (κ3) is 5.86.